The number of hydrogen-bond donors (Lipinski definition) is 2. The molecule has 2 rings (SSSR count). The van der Waals surface area contributed by atoms with Gasteiger partial charge < -0.3 is 20.2 Å². The van der Waals surface area contributed by atoms with Crippen LogP contribution in [0.2, 0.25) is 0 Å². The summed E-state index contributed by atoms with van der Waals surface area (Å²) in [5.41, 5.74) is 5.95. The van der Waals surface area contributed by atoms with Crippen LogP contribution in [0.25, 0.3) is 0 Å². The molecule has 5 heteroatoms. The summed E-state index contributed by atoms with van der Waals surface area (Å²) in [6, 6.07) is 3.49. The predicted octanol–water partition coefficient (Wildman–Crippen LogP) is 1.50. The van der Waals surface area contributed by atoms with Gasteiger partial charge in [-0.3, -0.25) is 4.99 Å². The monoisotopic (exact) mass is 251 g/mol. The Morgan fingerprint density at radius 1 is 1.39 bits per heavy atom. The second-order valence-electron chi connectivity index (χ2n) is 4.63. The van der Waals surface area contributed by atoms with E-state index in [1.165, 1.54) is 12.8 Å². The molecule has 18 heavy (non-hydrogen) atoms. The van der Waals surface area contributed by atoms with Crippen molar-refractivity contribution in [3.8, 4) is 0 Å². The van der Waals surface area contributed by atoms with E-state index < -0.39 is 6.10 Å². The second-order valence-corrected chi connectivity index (χ2v) is 4.63. The molecular weight excluding hydrogens is 230 g/mol. The van der Waals surface area contributed by atoms with Crippen molar-refractivity contribution in [2.75, 3.05) is 19.6 Å². The summed E-state index contributed by atoms with van der Waals surface area (Å²) in [4.78, 5) is 6.35. The van der Waals surface area contributed by atoms with Crippen molar-refractivity contribution >= 4 is 5.96 Å². The van der Waals surface area contributed by atoms with E-state index in [-0.39, 0.29) is 6.54 Å². The zero-order valence-electron chi connectivity index (χ0n) is 10.6. The fourth-order valence-corrected chi connectivity index (χ4v) is 2.15. The van der Waals surface area contributed by atoms with Crippen molar-refractivity contribution in [3.63, 3.8) is 0 Å². The first-order valence-corrected chi connectivity index (χ1v) is 6.53. The smallest absolute Gasteiger partial charge is 0.191 e. The van der Waals surface area contributed by atoms with Crippen LogP contribution in [0.1, 0.15) is 37.5 Å². The highest BCUT2D eigenvalue weighted by Gasteiger charge is 2.13. The standard InChI is InChI=1S/C13H21N3O2/c14-13(16-7-3-1-2-4-8-16)15-10-11(17)12-6-5-9-18-12/h5-6,9,11,17H,1-4,7-8,10H2,(H2,14,15). The van der Waals surface area contributed by atoms with Gasteiger partial charge in [0.05, 0.1) is 12.8 Å². The average Bonchev–Trinajstić information content (AvgIpc) is 2.78. The molecular formula is C13H21N3O2. The molecule has 100 valence electrons. The van der Waals surface area contributed by atoms with Crippen LogP contribution in [-0.4, -0.2) is 35.6 Å². The molecule has 3 N–H and O–H groups in total. The Morgan fingerprint density at radius 3 is 2.72 bits per heavy atom. The number of guanidine groups is 1. The molecule has 1 fully saturated rings. The summed E-state index contributed by atoms with van der Waals surface area (Å²) >= 11 is 0. The lowest BCUT2D eigenvalue weighted by Crippen LogP contribution is -2.38. The molecule has 2 heterocycles. The lowest BCUT2D eigenvalue weighted by atomic mass is 10.2. The Balaban J connectivity index is 1.87. The number of furan rings is 1. The predicted molar refractivity (Wildman–Crippen MR) is 70.2 cm³/mol. The molecule has 0 radical (unpaired) electrons. The summed E-state index contributed by atoms with van der Waals surface area (Å²) in [5.74, 6) is 1.06. The summed E-state index contributed by atoms with van der Waals surface area (Å²) in [6.45, 7) is 2.17. The number of aliphatic hydroxyl groups excluding tert-OH is 1. The minimum Gasteiger partial charge on any atom is -0.467 e. The van der Waals surface area contributed by atoms with Crippen LogP contribution in [0.5, 0.6) is 0 Å². The lowest BCUT2D eigenvalue weighted by molar-refractivity contribution is 0.158. The number of nitrogens with two attached hydrogens (primary N) is 1. The molecule has 0 aromatic carbocycles. The highest BCUT2D eigenvalue weighted by Crippen LogP contribution is 2.14. The van der Waals surface area contributed by atoms with Gasteiger partial charge in [-0.25, -0.2) is 0 Å². The number of nitrogens with zero attached hydrogens (tertiary/aromatic N) is 2. The molecule has 1 aliphatic rings. The third-order valence-corrected chi connectivity index (χ3v) is 3.23. The topological polar surface area (TPSA) is 75.0 Å². The molecule has 0 aliphatic carbocycles. The molecule has 1 aromatic rings. The highest BCUT2D eigenvalue weighted by molar-refractivity contribution is 5.78. The molecule has 0 spiro atoms. The Morgan fingerprint density at radius 2 is 2.11 bits per heavy atom. The number of likely N-dealkylation sites (tertiary alicyclic amines) is 1. The Kier molecular flexibility index (Phi) is 4.64. The maximum Gasteiger partial charge on any atom is 0.191 e. The summed E-state index contributed by atoms with van der Waals surface area (Å²) in [6.07, 6.45) is 5.68. The molecule has 1 aromatic heterocycles. The van der Waals surface area contributed by atoms with Gasteiger partial charge in [-0.1, -0.05) is 12.8 Å². The molecule has 1 aliphatic heterocycles. The minimum absolute atomic E-state index is 0.246. The van der Waals surface area contributed by atoms with Crippen LogP contribution in [0.3, 0.4) is 0 Å². The van der Waals surface area contributed by atoms with E-state index in [0.29, 0.717) is 11.7 Å². The quantitative estimate of drug-likeness (QED) is 0.630. The summed E-state index contributed by atoms with van der Waals surface area (Å²) < 4.78 is 5.12. The third-order valence-electron chi connectivity index (χ3n) is 3.23. The van der Waals surface area contributed by atoms with Gasteiger partial charge in [0.25, 0.3) is 0 Å². The van der Waals surface area contributed by atoms with Crippen LogP contribution in [0.15, 0.2) is 27.8 Å². The van der Waals surface area contributed by atoms with Crippen molar-refractivity contribution in [1.29, 1.82) is 0 Å². The third kappa shape index (κ3) is 3.50. The van der Waals surface area contributed by atoms with E-state index in [9.17, 15) is 5.11 Å². The van der Waals surface area contributed by atoms with E-state index in [2.05, 4.69) is 9.89 Å². The first kappa shape index (κ1) is 13.0. The van der Waals surface area contributed by atoms with Crippen LogP contribution in [-0.2, 0) is 0 Å². The molecule has 1 unspecified atom stereocenters. The summed E-state index contributed by atoms with van der Waals surface area (Å²) in [7, 11) is 0. The van der Waals surface area contributed by atoms with Crippen LogP contribution >= 0.6 is 0 Å². The molecule has 0 amide bonds. The van der Waals surface area contributed by atoms with Gasteiger partial charge >= 0.3 is 0 Å². The SMILES string of the molecule is NC(=NCC(O)c1ccco1)N1CCCCCC1. The average molecular weight is 251 g/mol. The maximum atomic E-state index is 9.84. The van der Waals surface area contributed by atoms with E-state index in [4.69, 9.17) is 10.2 Å². The number of hydrogen-bond acceptors (Lipinski definition) is 3. The molecule has 0 bridgehead atoms. The summed E-state index contributed by atoms with van der Waals surface area (Å²) in [5, 5.41) is 9.84. The Labute approximate surface area is 107 Å². The van der Waals surface area contributed by atoms with E-state index in [1.54, 1.807) is 18.4 Å². The largest absolute Gasteiger partial charge is 0.467 e. The van der Waals surface area contributed by atoms with Crippen LogP contribution in [0.4, 0.5) is 0 Å². The lowest BCUT2D eigenvalue weighted by Gasteiger charge is -2.21. The number of aliphatic hydroxyl groups is 1. The normalized spacial score (nSPS) is 19.6. The highest BCUT2D eigenvalue weighted by atomic mass is 16.4. The van der Waals surface area contributed by atoms with Crippen molar-refractivity contribution in [3.05, 3.63) is 24.2 Å². The maximum absolute atomic E-state index is 9.84. The van der Waals surface area contributed by atoms with Gasteiger partial charge in [-0.2, -0.15) is 0 Å². The van der Waals surface area contributed by atoms with Crippen molar-refractivity contribution < 1.29 is 9.52 Å². The first-order chi connectivity index (χ1) is 8.77. The molecule has 1 saturated heterocycles. The van der Waals surface area contributed by atoms with Gasteiger partial charge in [0.1, 0.15) is 11.9 Å². The molecule has 5 nitrogen and oxygen atoms in total. The minimum atomic E-state index is -0.717. The Hall–Kier alpha value is -1.49. The fraction of sp³-hybridized carbons (Fsp3) is 0.615. The van der Waals surface area contributed by atoms with Gasteiger partial charge in [-0.15, -0.1) is 0 Å². The van der Waals surface area contributed by atoms with E-state index in [0.717, 1.165) is 25.9 Å². The van der Waals surface area contributed by atoms with Crippen molar-refractivity contribution in [2.45, 2.75) is 31.8 Å². The van der Waals surface area contributed by atoms with Gasteiger partial charge in [0.2, 0.25) is 0 Å². The molecule has 1 atom stereocenters. The van der Waals surface area contributed by atoms with Crippen LogP contribution < -0.4 is 5.73 Å². The van der Waals surface area contributed by atoms with E-state index in [1.807, 2.05) is 0 Å². The van der Waals surface area contributed by atoms with Gasteiger partial charge in [0, 0.05) is 13.1 Å². The fourth-order valence-electron chi connectivity index (χ4n) is 2.15. The Bertz CT molecular complexity index is 368. The zero-order valence-corrected chi connectivity index (χ0v) is 10.6. The zero-order chi connectivity index (χ0) is 12.8. The van der Waals surface area contributed by atoms with Crippen molar-refractivity contribution in [2.24, 2.45) is 10.7 Å². The second kappa shape index (κ2) is 6.44. The van der Waals surface area contributed by atoms with Gasteiger partial charge in [0.15, 0.2) is 5.96 Å². The first-order valence-electron chi connectivity index (χ1n) is 6.53. The van der Waals surface area contributed by atoms with Crippen LogP contribution in [0, 0.1) is 0 Å². The van der Waals surface area contributed by atoms with Crippen molar-refractivity contribution in [1.82, 2.24) is 4.90 Å². The molecule has 0 saturated carbocycles. The van der Waals surface area contributed by atoms with Gasteiger partial charge in [-0.05, 0) is 25.0 Å². The number of rotatable bonds is 3. The number of aliphatic imine (C=N–C) groups is 1. The van der Waals surface area contributed by atoms with E-state index >= 15 is 0 Å².